The van der Waals surface area contributed by atoms with Gasteiger partial charge in [0, 0.05) is 11.3 Å². The molecular weight excluding hydrogens is 270 g/mol. The summed E-state index contributed by atoms with van der Waals surface area (Å²) < 4.78 is 0. The first kappa shape index (κ1) is 13.5. The Morgan fingerprint density at radius 2 is 1.95 bits per heavy atom. The van der Waals surface area contributed by atoms with Crippen molar-refractivity contribution in [3.8, 4) is 0 Å². The molecule has 8 N–H and O–H groups in total. The van der Waals surface area contributed by atoms with Crippen LogP contribution in [0.15, 0.2) is 0 Å². The van der Waals surface area contributed by atoms with E-state index in [1.807, 2.05) is 0 Å². The van der Waals surface area contributed by atoms with Crippen LogP contribution in [0.3, 0.4) is 0 Å². The second kappa shape index (κ2) is 4.99. The van der Waals surface area contributed by atoms with Crippen LogP contribution in [0.4, 0.5) is 14.7 Å². The Bertz CT molecular complexity index is 517. The van der Waals surface area contributed by atoms with Crippen LogP contribution in [0.2, 0.25) is 0 Å². The van der Waals surface area contributed by atoms with Gasteiger partial charge in [0.1, 0.15) is 0 Å². The number of carbonyl (C=O) groups excluding carboxylic acids is 2. The molecule has 1 heterocycles. The number of hydrogen-bond acceptors (Lipinski definition) is 6. The number of anilines is 1. The minimum atomic E-state index is -0.778. The van der Waals surface area contributed by atoms with Gasteiger partial charge in [-0.05, 0) is 12.8 Å². The van der Waals surface area contributed by atoms with Gasteiger partial charge in [-0.25, -0.2) is 31.3 Å². The highest BCUT2D eigenvalue weighted by atomic mass is 32.1. The summed E-state index contributed by atoms with van der Waals surface area (Å²) in [5.41, 5.74) is 11.1. The molecule has 19 heavy (non-hydrogen) atoms. The third kappa shape index (κ3) is 2.59. The van der Waals surface area contributed by atoms with Crippen molar-refractivity contribution in [2.75, 3.05) is 5.01 Å². The lowest BCUT2D eigenvalue weighted by Gasteiger charge is -2.28. The summed E-state index contributed by atoms with van der Waals surface area (Å²) >= 11 is 1.26. The lowest BCUT2D eigenvalue weighted by molar-refractivity contribution is 0.178. The lowest BCUT2D eigenvalue weighted by Crippen LogP contribution is -2.50. The minimum absolute atomic E-state index is 0.168. The normalized spacial score (nSPS) is 17.7. The molecule has 0 spiro atoms. The van der Waals surface area contributed by atoms with Crippen molar-refractivity contribution in [3.63, 3.8) is 0 Å². The van der Waals surface area contributed by atoms with E-state index in [9.17, 15) is 9.59 Å². The summed E-state index contributed by atoms with van der Waals surface area (Å²) in [7, 11) is 0. The van der Waals surface area contributed by atoms with E-state index in [0.29, 0.717) is 24.4 Å². The topological polar surface area (TPSA) is 158 Å². The average molecular weight is 285 g/mol. The summed E-state index contributed by atoms with van der Waals surface area (Å²) in [4.78, 5) is 27.2. The number of hydrazine groups is 2. The lowest BCUT2D eigenvalue weighted by atomic mass is 9.97. The van der Waals surface area contributed by atoms with Gasteiger partial charge in [-0.3, -0.25) is 5.01 Å². The molecule has 1 aromatic heterocycles. The molecule has 9 nitrogen and oxygen atoms in total. The molecule has 10 heteroatoms. The number of primary amides is 2. The number of thiazole rings is 1. The molecule has 1 aromatic rings. The Morgan fingerprint density at radius 3 is 2.53 bits per heavy atom. The molecule has 0 bridgehead atoms. The van der Waals surface area contributed by atoms with Gasteiger partial charge in [0.25, 0.3) is 0 Å². The van der Waals surface area contributed by atoms with E-state index in [-0.39, 0.29) is 6.04 Å². The van der Waals surface area contributed by atoms with Crippen LogP contribution in [-0.4, -0.2) is 28.1 Å². The molecule has 0 aliphatic heterocycles. The molecular formula is C9H15N7O2S. The molecule has 0 saturated heterocycles. The number of rotatable bonds is 2. The molecule has 0 radical (unpaired) electrons. The quantitative estimate of drug-likeness (QED) is 0.311. The smallest absolute Gasteiger partial charge is 0.335 e. The zero-order valence-corrected chi connectivity index (χ0v) is 10.9. The molecule has 1 aliphatic rings. The SMILES string of the molecule is NC(=O)N(N)c1nc2c(s1)CC(N(N)C(N)=O)CC2. The van der Waals surface area contributed by atoms with Gasteiger partial charge >= 0.3 is 12.1 Å². The standard InChI is InChI=1S/C9H15N7O2S/c10-7(17)15(12)4-1-2-5-6(3-4)19-9(14-5)16(13)8(11)18/h4H,1-3,12-13H2,(H2,10,17)(H2,11,18). The third-order valence-corrected chi connectivity index (χ3v) is 4.11. The first-order valence-corrected chi connectivity index (χ1v) is 6.38. The third-order valence-electron chi connectivity index (χ3n) is 2.99. The fraction of sp³-hybridized carbons (Fsp3) is 0.444. The van der Waals surface area contributed by atoms with E-state index in [4.69, 9.17) is 23.2 Å². The fourth-order valence-electron chi connectivity index (χ4n) is 1.96. The predicted molar refractivity (Wildman–Crippen MR) is 69.8 cm³/mol. The number of urea groups is 2. The van der Waals surface area contributed by atoms with Gasteiger partial charge in [-0.2, -0.15) is 0 Å². The maximum absolute atomic E-state index is 11.0. The fourth-order valence-corrected chi connectivity index (χ4v) is 3.06. The van der Waals surface area contributed by atoms with E-state index in [1.54, 1.807) is 0 Å². The predicted octanol–water partition coefficient (Wildman–Crippen LogP) is -0.986. The number of carbonyl (C=O) groups is 2. The molecule has 104 valence electrons. The number of fused-ring (bicyclic) bond motifs is 1. The monoisotopic (exact) mass is 285 g/mol. The largest absolute Gasteiger partial charge is 0.350 e. The Morgan fingerprint density at radius 1 is 1.26 bits per heavy atom. The first-order valence-electron chi connectivity index (χ1n) is 5.56. The van der Waals surface area contributed by atoms with Gasteiger partial charge in [-0.1, -0.05) is 11.3 Å². The second-order valence-electron chi connectivity index (χ2n) is 4.22. The Balaban J connectivity index is 2.17. The molecule has 0 fully saturated rings. The number of nitrogens with two attached hydrogens (primary N) is 4. The van der Waals surface area contributed by atoms with Crippen LogP contribution in [0.25, 0.3) is 0 Å². The molecule has 0 saturated carbocycles. The van der Waals surface area contributed by atoms with Gasteiger partial charge < -0.3 is 11.5 Å². The maximum Gasteiger partial charge on any atom is 0.335 e. The van der Waals surface area contributed by atoms with Gasteiger partial charge in [-0.15, -0.1) is 0 Å². The Kier molecular flexibility index (Phi) is 3.55. The highest BCUT2D eigenvalue weighted by Crippen LogP contribution is 2.31. The zero-order chi connectivity index (χ0) is 14.2. The van der Waals surface area contributed by atoms with E-state index in [2.05, 4.69) is 4.98 Å². The van der Waals surface area contributed by atoms with E-state index >= 15 is 0 Å². The summed E-state index contributed by atoms with van der Waals surface area (Å²) in [6.07, 6.45) is 1.85. The van der Waals surface area contributed by atoms with E-state index < -0.39 is 12.1 Å². The number of amides is 4. The molecule has 1 atom stereocenters. The molecule has 2 rings (SSSR count). The number of aromatic nitrogens is 1. The summed E-state index contributed by atoms with van der Waals surface area (Å²) in [5, 5.41) is 2.16. The van der Waals surface area contributed by atoms with Crippen molar-refractivity contribution in [2.24, 2.45) is 23.2 Å². The van der Waals surface area contributed by atoms with Gasteiger partial charge in [0.05, 0.1) is 11.7 Å². The average Bonchev–Trinajstić information content (AvgIpc) is 2.78. The van der Waals surface area contributed by atoms with Crippen molar-refractivity contribution in [3.05, 3.63) is 10.6 Å². The van der Waals surface area contributed by atoms with E-state index in [1.165, 1.54) is 11.3 Å². The molecule has 4 amide bonds. The second-order valence-corrected chi connectivity index (χ2v) is 5.28. The summed E-state index contributed by atoms with van der Waals surface area (Å²) in [5.74, 6) is 11.1. The highest BCUT2D eigenvalue weighted by molar-refractivity contribution is 7.15. The van der Waals surface area contributed by atoms with Crippen molar-refractivity contribution >= 4 is 28.5 Å². The van der Waals surface area contributed by atoms with Crippen molar-refractivity contribution in [1.29, 1.82) is 0 Å². The van der Waals surface area contributed by atoms with Gasteiger partial charge in [0.2, 0.25) is 5.13 Å². The number of nitrogens with zero attached hydrogens (tertiary/aromatic N) is 3. The minimum Gasteiger partial charge on any atom is -0.350 e. The highest BCUT2D eigenvalue weighted by Gasteiger charge is 2.28. The Hall–Kier alpha value is -1.91. The van der Waals surface area contributed by atoms with Crippen LogP contribution in [0.1, 0.15) is 17.0 Å². The maximum atomic E-state index is 11.0. The van der Waals surface area contributed by atoms with Crippen molar-refractivity contribution < 1.29 is 9.59 Å². The van der Waals surface area contributed by atoms with Crippen LogP contribution in [-0.2, 0) is 12.8 Å². The summed E-state index contributed by atoms with van der Waals surface area (Å²) in [6, 6.07) is -1.62. The number of aryl methyl sites for hydroxylation is 1. The first-order chi connectivity index (χ1) is 8.90. The number of hydrogen-bond donors (Lipinski definition) is 4. The summed E-state index contributed by atoms with van der Waals surface area (Å²) in [6.45, 7) is 0. The molecule has 1 unspecified atom stereocenters. The van der Waals surface area contributed by atoms with Crippen LogP contribution < -0.4 is 28.2 Å². The van der Waals surface area contributed by atoms with Crippen LogP contribution in [0, 0.1) is 0 Å². The zero-order valence-electron chi connectivity index (χ0n) is 10.1. The van der Waals surface area contributed by atoms with E-state index in [0.717, 1.165) is 20.6 Å². The van der Waals surface area contributed by atoms with Crippen LogP contribution in [0.5, 0.6) is 0 Å². The van der Waals surface area contributed by atoms with Crippen LogP contribution >= 0.6 is 11.3 Å². The van der Waals surface area contributed by atoms with Gasteiger partial charge in [0.15, 0.2) is 0 Å². The molecule has 1 aliphatic carbocycles. The van der Waals surface area contributed by atoms with Crippen molar-refractivity contribution in [2.45, 2.75) is 25.3 Å². The van der Waals surface area contributed by atoms with Crippen molar-refractivity contribution in [1.82, 2.24) is 9.99 Å². The molecule has 0 aromatic carbocycles. The Labute approximate surface area is 113 Å².